The van der Waals surface area contributed by atoms with Crippen LogP contribution in [0.2, 0.25) is 0 Å². The van der Waals surface area contributed by atoms with Crippen molar-refractivity contribution in [3.8, 4) is 17.0 Å². The van der Waals surface area contributed by atoms with Crippen LogP contribution in [-0.2, 0) is 0 Å². The third-order valence-electron chi connectivity index (χ3n) is 2.57. The Bertz CT molecular complexity index is 793. The molecule has 2 heterocycles. The molecular formula is C11H7FN4O2. The molecule has 3 aromatic rings. The van der Waals surface area contributed by atoms with Crippen molar-refractivity contribution in [3.05, 3.63) is 46.8 Å². The highest BCUT2D eigenvalue weighted by molar-refractivity contribution is 5.68. The van der Waals surface area contributed by atoms with Gasteiger partial charge in [-0.3, -0.25) is 9.78 Å². The van der Waals surface area contributed by atoms with Gasteiger partial charge < -0.3 is 5.11 Å². The smallest absolute Gasteiger partial charge is 0.264 e. The fraction of sp³-hybridized carbons (Fsp3) is 0. The summed E-state index contributed by atoms with van der Waals surface area (Å²) in [5.74, 6) is -0.952. The Balaban J connectivity index is 2.43. The van der Waals surface area contributed by atoms with E-state index >= 15 is 0 Å². The van der Waals surface area contributed by atoms with Crippen molar-refractivity contribution in [1.82, 2.24) is 19.6 Å². The minimum Gasteiger partial charge on any atom is -0.493 e. The number of fused-ring (bicyclic) bond motifs is 1. The van der Waals surface area contributed by atoms with Crippen molar-refractivity contribution in [3.63, 3.8) is 0 Å². The minimum absolute atomic E-state index is 0.00801. The van der Waals surface area contributed by atoms with Gasteiger partial charge in [0.05, 0.1) is 0 Å². The summed E-state index contributed by atoms with van der Waals surface area (Å²) in [7, 11) is 0. The third-order valence-corrected chi connectivity index (χ3v) is 2.57. The van der Waals surface area contributed by atoms with E-state index in [1.54, 1.807) is 6.07 Å². The predicted octanol–water partition coefficient (Wildman–Crippen LogP) is 0.929. The molecule has 0 spiro atoms. The first kappa shape index (κ1) is 10.5. The van der Waals surface area contributed by atoms with E-state index in [0.717, 1.165) is 4.52 Å². The van der Waals surface area contributed by atoms with E-state index in [-0.39, 0.29) is 16.9 Å². The van der Waals surface area contributed by atoms with Crippen molar-refractivity contribution >= 4 is 5.78 Å². The van der Waals surface area contributed by atoms with Crippen LogP contribution in [0.5, 0.6) is 5.88 Å². The van der Waals surface area contributed by atoms with E-state index < -0.39 is 17.3 Å². The maximum Gasteiger partial charge on any atom is 0.264 e. The number of aromatic amines is 1. The molecule has 0 aliphatic heterocycles. The van der Waals surface area contributed by atoms with Crippen LogP contribution in [0, 0.1) is 5.82 Å². The second-order valence-corrected chi connectivity index (χ2v) is 3.63. The number of benzene rings is 1. The molecule has 0 fully saturated rings. The van der Waals surface area contributed by atoms with Gasteiger partial charge in [0, 0.05) is 5.56 Å². The van der Waals surface area contributed by atoms with Crippen molar-refractivity contribution in [1.29, 1.82) is 0 Å². The van der Waals surface area contributed by atoms with Gasteiger partial charge in [-0.25, -0.2) is 4.39 Å². The van der Waals surface area contributed by atoms with E-state index in [1.807, 2.05) is 0 Å². The van der Waals surface area contributed by atoms with E-state index in [2.05, 4.69) is 15.1 Å². The first-order chi connectivity index (χ1) is 8.68. The summed E-state index contributed by atoms with van der Waals surface area (Å²) in [4.78, 5) is 18.0. The Hall–Kier alpha value is -2.70. The molecule has 2 aromatic heterocycles. The van der Waals surface area contributed by atoms with Crippen LogP contribution in [0.15, 0.2) is 35.4 Å². The molecule has 6 nitrogen and oxygen atoms in total. The zero-order valence-corrected chi connectivity index (χ0v) is 8.96. The normalized spacial score (nSPS) is 10.9. The molecule has 0 saturated carbocycles. The largest absolute Gasteiger partial charge is 0.493 e. The first-order valence-electron chi connectivity index (χ1n) is 5.08. The summed E-state index contributed by atoms with van der Waals surface area (Å²) >= 11 is 0. The van der Waals surface area contributed by atoms with Crippen LogP contribution in [0.4, 0.5) is 4.39 Å². The van der Waals surface area contributed by atoms with Crippen LogP contribution >= 0.6 is 0 Å². The average molecular weight is 246 g/mol. The van der Waals surface area contributed by atoms with Crippen molar-refractivity contribution in [2.45, 2.75) is 0 Å². The van der Waals surface area contributed by atoms with Gasteiger partial charge in [-0.1, -0.05) is 18.2 Å². The molecule has 0 atom stereocenters. The maximum atomic E-state index is 13.7. The Morgan fingerprint density at radius 2 is 2.11 bits per heavy atom. The van der Waals surface area contributed by atoms with Gasteiger partial charge in [0.25, 0.3) is 5.56 Å². The average Bonchev–Trinajstić information content (AvgIpc) is 2.79. The van der Waals surface area contributed by atoms with Crippen LogP contribution < -0.4 is 5.56 Å². The summed E-state index contributed by atoms with van der Waals surface area (Å²) in [5.41, 5.74) is -0.794. The van der Waals surface area contributed by atoms with Crippen LogP contribution in [0.25, 0.3) is 16.9 Å². The Labute approximate surface area is 99.4 Å². The summed E-state index contributed by atoms with van der Waals surface area (Å²) in [6.07, 6.45) is 1.18. The van der Waals surface area contributed by atoms with Crippen molar-refractivity contribution < 1.29 is 9.50 Å². The second-order valence-electron chi connectivity index (χ2n) is 3.63. The first-order valence-corrected chi connectivity index (χ1v) is 5.08. The highest BCUT2D eigenvalue weighted by atomic mass is 19.1. The number of nitrogens with zero attached hydrogens (tertiary/aromatic N) is 3. The zero-order chi connectivity index (χ0) is 12.7. The van der Waals surface area contributed by atoms with Gasteiger partial charge >= 0.3 is 0 Å². The molecule has 0 aliphatic rings. The molecule has 2 N–H and O–H groups in total. The van der Waals surface area contributed by atoms with E-state index in [4.69, 9.17) is 0 Å². The Kier molecular flexibility index (Phi) is 2.12. The van der Waals surface area contributed by atoms with Gasteiger partial charge in [0.2, 0.25) is 11.7 Å². The number of rotatable bonds is 1. The fourth-order valence-corrected chi connectivity index (χ4v) is 1.76. The van der Waals surface area contributed by atoms with E-state index in [1.165, 1.54) is 24.5 Å². The van der Waals surface area contributed by atoms with Gasteiger partial charge in [-0.15, -0.1) is 0 Å². The third kappa shape index (κ3) is 1.37. The van der Waals surface area contributed by atoms with Gasteiger partial charge in [-0.05, 0) is 6.07 Å². The highest BCUT2D eigenvalue weighted by Crippen LogP contribution is 2.26. The van der Waals surface area contributed by atoms with Crippen LogP contribution in [-0.4, -0.2) is 24.7 Å². The fourth-order valence-electron chi connectivity index (χ4n) is 1.76. The molecule has 0 bridgehead atoms. The molecule has 7 heteroatoms. The zero-order valence-electron chi connectivity index (χ0n) is 8.96. The summed E-state index contributed by atoms with van der Waals surface area (Å²) < 4.78 is 14.7. The minimum atomic E-state index is -0.627. The quantitative estimate of drug-likeness (QED) is 0.669. The van der Waals surface area contributed by atoms with Crippen LogP contribution in [0.3, 0.4) is 0 Å². The highest BCUT2D eigenvalue weighted by Gasteiger charge is 2.17. The summed E-state index contributed by atoms with van der Waals surface area (Å²) in [5, 5.41) is 13.7. The van der Waals surface area contributed by atoms with Crippen molar-refractivity contribution in [2.75, 3.05) is 0 Å². The molecule has 3 rings (SSSR count). The lowest BCUT2D eigenvalue weighted by molar-refractivity contribution is 0.436. The SMILES string of the molecule is O=c1[nH]c2ncnn2c(O)c1-c1ccccc1F. The monoisotopic (exact) mass is 246 g/mol. The summed E-state index contributed by atoms with van der Waals surface area (Å²) in [6, 6.07) is 5.68. The number of aromatic hydroxyl groups is 1. The molecule has 90 valence electrons. The summed E-state index contributed by atoms with van der Waals surface area (Å²) in [6.45, 7) is 0. The standard InChI is InChI=1S/C11H7FN4O2/c12-7-4-2-1-3-6(7)8-9(17)15-11-13-5-14-16(11)10(8)18/h1-5,18H,(H,13,14,15,17). The van der Waals surface area contributed by atoms with E-state index in [9.17, 15) is 14.3 Å². The second kappa shape index (κ2) is 3.66. The molecule has 18 heavy (non-hydrogen) atoms. The lowest BCUT2D eigenvalue weighted by atomic mass is 10.1. The molecule has 0 amide bonds. The van der Waals surface area contributed by atoms with Crippen LogP contribution in [0.1, 0.15) is 0 Å². The van der Waals surface area contributed by atoms with Gasteiger partial charge in [-0.2, -0.15) is 14.6 Å². The molecular weight excluding hydrogens is 239 g/mol. The maximum absolute atomic E-state index is 13.7. The molecule has 0 saturated heterocycles. The lowest BCUT2D eigenvalue weighted by Crippen LogP contribution is -2.13. The van der Waals surface area contributed by atoms with Gasteiger partial charge in [0.15, 0.2) is 0 Å². The molecule has 0 unspecified atom stereocenters. The molecule has 0 aliphatic carbocycles. The van der Waals surface area contributed by atoms with E-state index in [0.29, 0.717) is 0 Å². The number of nitrogens with one attached hydrogen (secondary N) is 1. The van der Waals surface area contributed by atoms with Crippen molar-refractivity contribution in [2.24, 2.45) is 0 Å². The molecule has 0 radical (unpaired) electrons. The number of aromatic nitrogens is 4. The Morgan fingerprint density at radius 1 is 1.33 bits per heavy atom. The number of H-pyrrole nitrogens is 1. The Morgan fingerprint density at radius 3 is 2.89 bits per heavy atom. The molecule has 1 aromatic carbocycles. The number of halogens is 1. The number of hydrogen-bond donors (Lipinski definition) is 2. The predicted molar refractivity (Wildman–Crippen MR) is 60.7 cm³/mol. The number of hydrogen-bond acceptors (Lipinski definition) is 4. The topological polar surface area (TPSA) is 83.3 Å². The van der Waals surface area contributed by atoms with Gasteiger partial charge in [0.1, 0.15) is 17.7 Å². The lowest BCUT2D eigenvalue weighted by Gasteiger charge is -2.05.